The molecule has 0 bridgehead atoms. The average Bonchev–Trinajstić information content (AvgIpc) is 2.62. The van der Waals surface area contributed by atoms with E-state index in [1.807, 2.05) is 0 Å². The number of aryl methyl sites for hydroxylation is 2. The number of hydrogen-bond acceptors (Lipinski definition) is 1. The standard InChI is InChI=1S/C14H15BrO/c1-3-14-10(2)8-13(16-14)9-11-4-6-12(15)7-5-11/h4-8H,3,9H2,1-2H3. The molecule has 0 unspecified atom stereocenters. The quantitative estimate of drug-likeness (QED) is 0.806. The van der Waals surface area contributed by atoms with Gasteiger partial charge < -0.3 is 4.42 Å². The van der Waals surface area contributed by atoms with Crippen LogP contribution in [-0.4, -0.2) is 0 Å². The van der Waals surface area contributed by atoms with E-state index in [2.05, 4.69) is 60.1 Å². The minimum atomic E-state index is 0.869. The van der Waals surface area contributed by atoms with Gasteiger partial charge in [-0.25, -0.2) is 0 Å². The van der Waals surface area contributed by atoms with Crippen molar-refractivity contribution in [1.29, 1.82) is 0 Å². The molecule has 0 amide bonds. The lowest BCUT2D eigenvalue weighted by atomic mass is 10.1. The first-order valence-electron chi connectivity index (χ1n) is 5.51. The van der Waals surface area contributed by atoms with E-state index in [1.54, 1.807) is 0 Å². The SMILES string of the molecule is CCc1oc(Cc2ccc(Br)cc2)cc1C. The summed E-state index contributed by atoms with van der Waals surface area (Å²) in [5.74, 6) is 2.16. The third-order valence-electron chi connectivity index (χ3n) is 2.68. The van der Waals surface area contributed by atoms with Crippen LogP contribution >= 0.6 is 15.9 Å². The van der Waals surface area contributed by atoms with Gasteiger partial charge in [0, 0.05) is 17.3 Å². The Morgan fingerprint density at radius 3 is 2.44 bits per heavy atom. The molecule has 1 nitrogen and oxygen atoms in total. The largest absolute Gasteiger partial charge is 0.465 e. The minimum absolute atomic E-state index is 0.869. The van der Waals surface area contributed by atoms with Gasteiger partial charge in [-0.15, -0.1) is 0 Å². The van der Waals surface area contributed by atoms with Crippen LogP contribution in [-0.2, 0) is 12.8 Å². The van der Waals surface area contributed by atoms with Crippen molar-refractivity contribution in [3.05, 3.63) is 57.5 Å². The predicted octanol–water partition coefficient (Wildman–Crippen LogP) is 4.50. The Hall–Kier alpha value is -1.02. The molecule has 0 saturated heterocycles. The van der Waals surface area contributed by atoms with E-state index in [9.17, 15) is 0 Å². The zero-order chi connectivity index (χ0) is 11.5. The van der Waals surface area contributed by atoms with Gasteiger partial charge in [0.2, 0.25) is 0 Å². The fraction of sp³-hybridized carbons (Fsp3) is 0.286. The summed E-state index contributed by atoms with van der Waals surface area (Å²) in [5, 5.41) is 0. The van der Waals surface area contributed by atoms with E-state index in [-0.39, 0.29) is 0 Å². The smallest absolute Gasteiger partial charge is 0.108 e. The van der Waals surface area contributed by atoms with Gasteiger partial charge in [0.1, 0.15) is 11.5 Å². The molecular weight excluding hydrogens is 264 g/mol. The van der Waals surface area contributed by atoms with Crippen molar-refractivity contribution in [3.8, 4) is 0 Å². The molecule has 0 atom stereocenters. The minimum Gasteiger partial charge on any atom is -0.465 e. The molecule has 0 aliphatic carbocycles. The highest BCUT2D eigenvalue weighted by Crippen LogP contribution is 2.19. The maximum absolute atomic E-state index is 5.79. The molecule has 0 aliphatic heterocycles. The third kappa shape index (κ3) is 2.56. The number of benzene rings is 1. The maximum Gasteiger partial charge on any atom is 0.108 e. The molecular formula is C14H15BrO. The topological polar surface area (TPSA) is 13.1 Å². The molecule has 1 aromatic heterocycles. The summed E-state index contributed by atoms with van der Waals surface area (Å²) < 4.78 is 6.90. The Labute approximate surface area is 105 Å². The Balaban J connectivity index is 2.17. The van der Waals surface area contributed by atoms with Gasteiger partial charge in [-0.3, -0.25) is 0 Å². The van der Waals surface area contributed by atoms with Crippen LogP contribution in [0.4, 0.5) is 0 Å². The molecule has 2 heteroatoms. The van der Waals surface area contributed by atoms with Gasteiger partial charge in [-0.05, 0) is 36.2 Å². The monoisotopic (exact) mass is 278 g/mol. The first kappa shape index (κ1) is 11.5. The second kappa shape index (κ2) is 4.88. The predicted molar refractivity (Wildman–Crippen MR) is 69.8 cm³/mol. The van der Waals surface area contributed by atoms with E-state index in [4.69, 9.17) is 4.42 Å². The molecule has 0 saturated carbocycles. The zero-order valence-electron chi connectivity index (χ0n) is 9.59. The maximum atomic E-state index is 5.79. The molecule has 0 spiro atoms. The molecule has 84 valence electrons. The summed E-state index contributed by atoms with van der Waals surface area (Å²) >= 11 is 3.43. The molecule has 0 N–H and O–H groups in total. The summed E-state index contributed by atoms with van der Waals surface area (Å²) in [7, 11) is 0. The van der Waals surface area contributed by atoms with Gasteiger partial charge in [0.15, 0.2) is 0 Å². The Morgan fingerprint density at radius 2 is 1.88 bits per heavy atom. The van der Waals surface area contributed by atoms with Gasteiger partial charge in [-0.2, -0.15) is 0 Å². The fourth-order valence-electron chi connectivity index (χ4n) is 1.83. The van der Waals surface area contributed by atoms with Gasteiger partial charge in [0.05, 0.1) is 0 Å². The van der Waals surface area contributed by atoms with E-state index in [0.717, 1.165) is 28.8 Å². The van der Waals surface area contributed by atoms with E-state index in [0.29, 0.717) is 0 Å². The molecule has 1 aromatic carbocycles. The fourth-order valence-corrected chi connectivity index (χ4v) is 2.10. The molecule has 2 aromatic rings. The van der Waals surface area contributed by atoms with Gasteiger partial charge in [0.25, 0.3) is 0 Å². The number of furan rings is 1. The number of hydrogen-bond donors (Lipinski definition) is 0. The molecule has 0 aliphatic rings. The normalized spacial score (nSPS) is 10.7. The van der Waals surface area contributed by atoms with Crippen LogP contribution < -0.4 is 0 Å². The van der Waals surface area contributed by atoms with Crippen LogP contribution in [0.3, 0.4) is 0 Å². The molecule has 1 heterocycles. The Bertz CT molecular complexity index is 468. The van der Waals surface area contributed by atoms with Crippen LogP contribution in [0.1, 0.15) is 29.6 Å². The van der Waals surface area contributed by atoms with E-state index >= 15 is 0 Å². The lowest BCUT2D eigenvalue weighted by Gasteiger charge is -1.98. The Morgan fingerprint density at radius 1 is 1.19 bits per heavy atom. The second-order valence-corrected chi connectivity index (χ2v) is 4.89. The average molecular weight is 279 g/mol. The summed E-state index contributed by atoms with van der Waals surface area (Å²) in [6, 6.07) is 10.5. The highest BCUT2D eigenvalue weighted by molar-refractivity contribution is 9.10. The first-order chi connectivity index (χ1) is 7.69. The molecule has 16 heavy (non-hydrogen) atoms. The highest BCUT2D eigenvalue weighted by Gasteiger charge is 2.06. The van der Waals surface area contributed by atoms with Crippen molar-refractivity contribution < 1.29 is 4.42 Å². The summed E-state index contributed by atoms with van der Waals surface area (Å²) in [5.41, 5.74) is 2.54. The lowest BCUT2D eigenvalue weighted by molar-refractivity contribution is 0.476. The first-order valence-corrected chi connectivity index (χ1v) is 6.31. The third-order valence-corrected chi connectivity index (χ3v) is 3.21. The van der Waals surface area contributed by atoms with Crippen LogP contribution in [0.25, 0.3) is 0 Å². The lowest BCUT2D eigenvalue weighted by Crippen LogP contribution is -1.84. The van der Waals surface area contributed by atoms with Gasteiger partial charge in [-0.1, -0.05) is 35.0 Å². The van der Waals surface area contributed by atoms with E-state index in [1.165, 1.54) is 11.1 Å². The van der Waals surface area contributed by atoms with Gasteiger partial charge >= 0.3 is 0 Å². The van der Waals surface area contributed by atoms with Crippen molar-refractivity contribution in [2.24, 2.45) is 0 Å². The summed E-state index contributed by atoms with van der Waals surface area (Å²) in [6.45, 7) is 4.22. The molecule has 0 fully saturated rings. The van der Waals surface area contributed by atoms with Crippen LogP contribution in [0.15, 0.2) is 39.2 Å². The molecule has 2 rings (SSSR count). The van der Waals surface area contributed by atoms with Crippen LogP contribution in [0.5, 0.6) is 0 Å². The summed E-state index contributed by atoms with van der Waals surface area (Å²) in [6.07, 6.45) is 1.83. The van der Waals surface area contributed by atoms with E-state index < -0.39 is 0 Å². The van der Waals surface area contributed by atoms with Crippen molar-refractivity contribution in [1.82, 2.24) is 0 Å². The number of halogens is 1. The van der Waals surface area contributed by atoms with Crippen molar-refractivity contribution in [3.63, 3.8) is 0 Å². The van der Waals surface area contributed by atoms with Crippen LogP contribution in [0, 0.1) is 6.92 Å². The van der Waals surface area contributed by atoms with Crippen molar-refractivity contribution >= 4 is 15.9 Å². The summed E-state index contributed by atoms with van der Waals surface area (Å²) in [4.78, 5) is 0. The number of rotatable bonds is 3. The zero-order valence-corrected chi connectivity index (χ0v) is 11.2. The van der Waals surface area contributed by atoms with Crippen molar-refractivity contribution in [2.45, 2.75) is 26.7 Å². The second-order valence-electron chi connectivity index (χ2n) is 3.98. The van der Waals surface area contributed by atoms with Crippen molar-refractivity contribution in [2.75, 3.05) is 0 Å². The van der Waals surface area contributed by atoms with Crippen LogP contribution in [0.2, 0.25) is 0 Å². The molecule has 0 radical (unpaired) electrons. The highest BCUT2D eigenvalue weighted by atomic mass is 79.9. The Kier molecular flexibility index (Phi) is 3.49.